The lowest BCUT2D eigenvalue weighted by atomic mass is 10.2. The smallest absolute Gasteiger partial charge is 0.319 e. The highest BCUT2D eigenvalue weighted by molar-refractivity contribution is 7.09. The fourth-order valence-electron chi connectivity index (χ4n) is 1.65. The highest BCUT2D eigenvalue weighted by Crippen LogP contribution is 2.21. The van der Waals surface area contributed by atoms with E-state index in [0.717, 1.165) is 4.88 Å². The summed E-state index contributed by atoms with van der Waals surface area (Å²) in [6, 6.07) is 7.83. The minimum Gasteiger partial charge on any atom is -0.333 e. The van der Waals surface area contributed by atoms with Gasteiger partial charge in [0.1, 0.15) is 0 Å². The number of rotatable bonds is 4. The summed E-state index contributed by atoms with van der Waals surface area (Å²) in [5.74, 6) is 0. The van der Waals surface area contributed by atoms with Crippen molar-refractivity contribution in [2.75, 3.05) is 5.32 Å². The Morgan fingerprint density at radius 1 is 1.40 bits per heavy atom. The summed E-state index contributed by atoms with van der Waals surface area (Å²) < 4.78 is 0. The van der Waals surface area contributed by atoms with E-state index in [1.54, 1.807) is 18.3 Å². The van der Waals surface area contributed by atoms with Gasteiger partial charge < -0.3 is 10.6 Å². The molecule has 0 spiro atoms. The van der Waals surface area contributed by atoms with E-state index < -0.39 is 4.92 Å². The van der Waals surface area contributed by atoms with Crippen LogP contribution >= 0.6 is 11.3 Å². The largest absolute Gasteiger partial charge is 0.333 e. The summed E-state index contributed by atoms with van der Waals surface area (Å²) in [7, 11) is 0. The van der Waals surface area contributed by atoms with Crippen LogP contribution in [0.15, 0.2) is 35.7 Å². The first-order valence-electron chi connectivity index (χ1n) is 5.88. The third-order valence-electron chi connectivity index (χ3n) is 2.67. The Labute approximate surface area is 119 Å². The highest BCUT2D eigenvalue weighted by Gasteiger charge is 2.10. The molecule has 0 radical (unpaired) electrons. The van der Waals surface area contributed by atoms with Crippen LogP contribution in [0.3, 0.4) is 0 Å². The molecule has 0 atom stereocenters. The second-order valence-electron chi connectivity index (χ2n) is 4.14. The van der Waals surface area contributed by atoms with Gasteiger partial charge >= 0.3 is 6.03 Å². The monoisotopic (exact) mass is 291 g/mol. The van der Waals surface area contributed by atoms with Crippen molar-refractivity contribution in [3.8, 4) is 0 Å². The molecule has 0 fully saturated rings. The predicted octanol–water partition coefficient (Wildman–Crippen LogP) is 3.29. The zero-order valence-electron chi connectivity index (χ0n) is 10.8. The van der Waals surface area contributed by atoms with Gasteiger partial charge in [-0.15, -0.1) is 11.3 Å². The maximum atomic E-state index is 11.7. The molecule has 1 heterocycles. The third-order valence-corrected chi connectivity index (χ3v) is 3.55. The minimum atomic E-state index is -0.465. The number of amides is 2. The highest BCUT2D eigenvalue weighted by atomic mass is 32.1. The number of carbonyl (C=O) groups excluding carboxylic acids is 1. The molecule has 2 rings (SSSR count). The number of anilines is 1. The number of carbonyl (C=O) groups is 1. The molecule has 6 nitrogen and oxygen atoms in total. The Balaban J connectivity index is 1.95. The molecule has 0 aliphatic carbocycles. The lowest BCUT2D eigenvalue weighted by Crippen LogP contribution is -2.28. The van der Waals surface area contributed by atoms with Gasteiger partial charge in [0.15, 0.2) is 0 Å². The molecule has 2 aromatic rings. The number of nitro groups is 1. The summed E-state index contributed by atoms with van der Waals surface area (Å²) in [5, 5.41) is 18.0. The number of thiophene rings is 1. The second-order valence-corrected chi connectivity index (χ2v) is 5.18. The van der Waals surface area contributed by atoms with Gasteiger partial charge in [-0.25, -0.2) is 4.79 Å². The lowest BCUT2D eigenvalue weighted by molar-refractivity contribution is -0.384. The summed E-state index contributed by atoms with van der Waals surface area (Å²) >= 11 is 1.56. The van der Waals surface area contributed by atoms with Crippen LogP contribution in [-0.2, 0) is 6.54 Å². The van der Waals surface area contributed by atoms with Crippen molar-refractivity contribution < 1.29 is 9.72 Å². The molecule has 0 saturated heterocycles. The van der Waals surface area contributed by atoms with Gasteiger partial charge in [-0.2, -0.15) is 0 Å². The molecule has 2 N–H and O–H groups in total. The minimum absolute atomic E-state index is 0.00652. The first kappa shape index (κ1) is 14.0. The van der Waals surface area contributed by atoms with E-state index in [0.29, 0.717) is 17.8 Å². The summed E-state index contributed by atoms with van der Waals surface area (Å²) in [4.78, 5) is 22.9. The molecule has 1 aromatic carbocycles. The predicted molar refractivity (Wildman–Crippen MR) is 78.0 cm³/mol. The lowest BCUT2D eigenvalue weighted by Gasteiger charge is -2.09. The van der Waals surface area contributed by atoms with E-state index in [1.807, 2.05) is 17.5 Å². The molecule has 0 unspecified atom stereocenters. The standard InChI is InChI=1S/C13H13N3O3S/c1-9-7-10(16(18)19)4-5-12(9)15-13(17)14-8-11-3-2-6-20-11/h2-7H,8H2,1H3,(H2,14,15,17). The van der Waals surface area contributed by atoms with Gasteiger partial charge in [-0.1, -0.05) is 6.07 Å². The number of hydrogen-bond acceptors (Lipinski definition) is 4. The van der Waals surface area contributed by atoms with E-state index in [2.05, 4.69) is 10.6 Å². The Kier molecular flexibility index (Phi) is 4.31. The van der Waals surface area contributed by atoms with Crippen molar-refractivity contribution in [2.45, 2.75) is 13.5 Å². The Morgan fingerprint density at radius 2 is 2.20 bits per heavy atom. The van der Waals surface area contributed by atoms with Crippen LogP contribution in [0.25, 0.3) is 0 Å². The Morgan fingerprint density at radius 3 is 2.80 bits per heavy atom. The van der Waals surface area contributed by atoms with Crippen molar-refractivity contribution in [3.05, 3.63) is 56.3 Å². The van der Waals surface area contributed by atoms with Crippen LogP contribution in [0.4, 0.5) is 16.2 Å². The molecule has 0 bridgehead atoms. The van der Waals surface area contributed by atoms with Gasteiger partial charge in [0.25, 0.3) is 5.69 Å². The van der Waals surface area contributed by atoms with E-state index in [-0.39, 0.29) is 11.7 Å². The zero-order valence-corrected chi connectivity index (χ0v) is 11.6. The third kappa shape index (κ3) is 3.55. The number of urea groups is 1. The van der Waals surface area contributed by atoms with Crippen LogP contribution < -0.4 is 10.6 Å². The fraction of sp³-hybridized carbons (Fsp3) is 0.154. The van der Waals surface area contributed by atoms with Crippen molar-refractivity contribution in [1.82, 2.24) is 5.32 Å². The van der Waals surface area contributed by atoms with Crippen LogP contribution in [0, 0.1) is 17.0 Å². The quantitative estimate of drug-likeness (QED) is 0.669. The van der Waals surface area contributed by atoms with Crippen molar-refractivity contribution in [3.63, 3.8) is 0 Å². The number of benzene rings is 1. The average Bonchev–Trinajstić information content (AvgIpc) is 2.91. The molecule has 0 aliphatic rings. The zero-order chi connectivity index (χ0) is 14.5. The SMILES string of the molecule is Cc1cc([N+](=O)[O-])ccc1NC(=O)NCc1cccs1. The van der Waals surface area contributed by atoms with Gasteiger partial charge in [0.2, 0.25) is 0 Å². The summed E-state index contributed by atoms with van der Waals surface area (Å²) in [6.07, 6.45) is 0. The first-order chi connectivity index (χ1) is 9.56. The van der Waals surface area contributed by atoms with Crippen LogP contribution in [0.5, 0.6) is 0 Å². The Bertz CT molecular complexity index is 626. The van der Waals surface area contributed by atoms with E-state index in [1.165, 1.54) is 18.2 Å². The van der Waals surface area contributed by atoms with E-state index in [4.69, 9.17) is 0 Å². The molecule has 0 saturated carbocycles. The maximum absolute atomic E-state index is 11.7. The number of hydrogen-bond donors (Lipinski definition) is 2. The van der Waals surface area contributed by atoms with Crippen molar-refractivity contribution in [1.29, 1.82) is 0 Å². The number of nitro benzene ring substituents is 1. The van der Waals surface area contributed by atoms with Crippen LogP contribution in [-0.4, -0.2) is 11.0 Å². The van der Waals surface area contributed by atoms with Gasteiger partial charge in [0, 0.05) is 22.7 Å². The van der Waals surface area contributed by atoms with Crippen molar-refractivity contribution in [2.24, 2.45) is 0 Å². The normalized spacial score (nSPS) is 10.1. The number of aryl methyl sites for hydroxylation is 1. The number of non-ortho nitro benzene ring substituents is 1. The number of nitrogens with one attached hydrogen (secondary N) is 2. The van der Waals surface area contributed by atoms with E-state index in [9.17, 15) is 14.9 Å². The first-order valence-corrected chi connectivity index (χ1v) is 6.76. The molecular formula is C13H13N3O3S. The molecular weight excluding hydrogens is 278 g/mol. The molecule has 1 aromatic heterocycles. The van der Waals surface area contributed by atoms with Gasteiger partial charge in [-0.05, 0) is 30.0 Å². The Hall–Kier alpha value is -2.41. The summed E-state index contributed by atoms with van der Waals surface area (Å²) in [5.41, 5.74) is 1.21. The van der Waals surface area contributed by atoms with Crippen LogP contribution in [0.2, 0.25) is 0 Å². The fourth-order valence-corrected chi connectivity index (χ4v) is 2.29. The molecule has 20 heavy (non-hydrogen) atoms. The molecule has 7 heteroatoms. The average molecular weight is 291 g/mol. The second kappa shape index (κ2) is 6.16. The van der Waals surface area contributed by atoms with Crippen molar-refractivity contribution >= 4 is 28.7 Å². The van der Waals surface area contributed by atoms with Gasteiger partial charge in [0.05, 0.1) is 11.5 Å². The summed E-state index contributed by atoms with van der Waals surface area (Å²) in [6.45, 7) is 2.16. The molecule has 104 valence electrons. The maximum Gasteiger partial charge on any atom is 0.319 e. The number of nitrogens with zero attached hydrogens (tertiary/aromatic N) is 1. The van der Waals surface area contributed by atoms with Gasteiger partial charge in [-0.3, -0.25) is 10.1 Å². The topological polar surface area (TPSA) is 84.3 Å². The molecule has 0 aliphatic heterocycles. The molecule has 2 amide bonds. The van der Waals surface area contributed by atoms with Crippen LogP contribution in [0.1, 0.15) is 10.4 Å². The van der Waals surface area contributed by atoms with E-state index >= 15 is 0 Å².